The van der Waals surface area contributed by atoms with Gasteiger partial charge in [-0.25, -0.2) is 5.43 Å². The van der Waals surface area contributed by atoms with E-state index in [1.165, 1.54) is 95.6 Å². The molecule has 0 spiro atoms. The lowest BCUT2D eigenvalue weighted by molar-refractivity contribution is -0.121. The maximum atomic E-state index is 12.4. The van der Waals surface area contributed by atoms with E-state index in [0.29, 0.717) is 17.7 Å². The molecule has 2 aromatic carbocycles. The van der Waals surface area contributed by atoms with Gasteiger partial charge in [-0.1, -0.05) is 127 Å². The topological polar surface area (TPSA) is 81.9 Å². The Hall–Kier alpha value is -2.82. The second-order valence-electron chi connectivity index (χ2n) is 9.76. The van der Waals surface area contributed by atoms with Gasteiger partial charge in [-0.05, 0) is 18.6 Å². The third-order valence-electron chi connectivity index (χ3n) is 6.58. The summed E-state index contributed by atoms with van der Waals surface area (Å²) in [6, 6.07) is 13.7. The van der Waals surface area contributed by atoms with E-state index in [1.807, 2.05) is 30.3 Å². The summed E-state index contributed by atoms with van der Waals surface area (Å²) in [7, 11) is 0. The van der Waals surface area contributed by atoms with Gasteiger partial charge in [0.25, 0.3) is 0 Å². The zero-order chi connectivity index (χ0) is 25.8. The first-order valence-electron chi connectivity index (χ1n) is 14.1. The van der Waals surface area contributed by atoms with Crippen molar-refractivity contribution in [3.05, 3.63) is 59.7 Å². The number of phenolic OH excluding ortho intramolecular Hbond substituents is 2. The number of hydrazone groups is 1. The molecule has 0 aliphatic carbocycles. The fourth-order valence-corrected chi connectivity index (χ4v) is 4.43. The standard InChI is InChI=1S/C31H46N2O3/c1-2-3-4-5-6-7-8-9-10-11-12-13-14-15-19-22-30(36)32-33-31(26-20-17-16-18-21-26)28-24-23-27(34)25-29(28)35/h16-18,20-21,23-25,34-35H,2-15,19,22H2,1H3,(H,32,36). The molecule has 5 heteroatoms. The number of hydrogen-bond acceptors (Lipinski definition) is 4. The summed E-state index contributed by atoms with van der Waals surface area (Å²) in [6.45, 7) is 2.27. The number of unbranched alkanes of at least 4 members (excludes halogenated alkanes) is 14. The van der Waals surface area contributed by atoms with E-state index in [2.05, 4.69) is 17.5 Å². The van der Waals surface area contributed by atoms with Gasteiger partial charge in [0.2, 0.25) is 5.91 Å². The minimum Gasteiger partial charge on any atom is -0.508 e. The molecular formula is C31H46N2O3. The van der Waals surface area contributed by atoms with Crippen LogP contribution in [-0.4, -0.2) is 21.8 Å². The Morgan fingerprint density at radius 1 is 0.722 bits per heavy atom. The van der Waals surface area contributed by atoms with Crippen molar-refractivity contribution >= 4 is 11.6 Å². The Balaban J connectivity index is 1.60. The van der Waals surface area contributed by atoms with Gasteiger partial charge < -0.3 is 10.2 Å². The van der Waals surface area contributed by atoms with Gasteiger partial charge in [-0.15, -0.1) is 0 Å². The number of nitrogens with zero attached hydrogens (tertiary/aromatic N) is 1. The van der Waals surface area contributed by atoms with Crippen LogP contribution in [-0.2, 0) is 4.79 Å². The van der Waals surface area contributed by atoms with E-state index in [1.54, 1.807) is 6.07 Å². The van der Waals surface area contributed by atoms with Crippen LogP contribution in [0.15, 0.2) is 53.6 Å². The monoisotopic (exact) mass is 494 g/mol. The number of carbonyl (C=O) groups excluding carboxylic acids is 1. The van der Waals surface area contributed by atoms with Gasteiger partial charge in [0.1, 0.15) is 17.2 Å². The molecule has 2 rings (SSSR count). The van der Waals surface area contributed by atoms with Crippen LogP contribution in [0.5, 0.6) is 11.5 Å². The number of aromatic hydroxyl groups is 2. The van der Waals surface area contributed by atoms with Crippen molar-refractivity contribution in [1.29, 1.82) is 0 Å². The second kappa shape index (κ2) is 18.4. The number of carbonyl (C=O) groups is 1. The predicted molar refractivity (Wildman–Crippen MR) is 150 cm³/mol. The molecular weight excluding hydrogens is 448 g/mol. The molecule has 0 aliphatic heterocycles. The highest BCUT2D eigenvalue weighted by atomic mass is 16.3. The van der Waals surface area contributed by atoms with E-state index < -0.39 is 0 Å². The van der Waals surface area contributed by atoms with Gasteiger partial charge in [-0.2, -0.15) is 5.10 Å². The molecule has 5 nitrogen and oxygen atoms in total. The first-order chi connectivity index (χ1) is 17.6. The van der Waals surface area contributed by atoms with Gasteiger partial charge in [0.05, 0.1) is 0 Å². The molecule has 198 valence electrons. The lowest BCUT2D eigenvalue weighted by atomic mass is 10.0. The molecule has 0 radical (unpaired) electrons. The first-order valence-corrected chi connectivity index (χ1v) is 14.1. The number of hydrogen-bond donors (Lipinski definition) is 3. The third kappa shape index (κ3) is 12.2. The van der Waals surface area contributed by atoms with E-state index in [4.69, 9.17) is 0 Å². The Morgan fingerprint density at radius 2 is 1.25 bits per heavy atom. The highest BCUT2D eigenvalue weighted by molar-refractivity contribution is 6.14. The smallest absolute Gasteiger partial charge is 0.240 e. The normalized spacial score (nSPS) is 11.5. The lowest BCUT2D eigenvalue weighted by Crippen LogP contribution is -2.20. The van der Waals surface area contributed by atoms with Crippen LogP contribution in [0.2, 0.25) is 0 Å². The Bertz CT molecular complexity index is 896. The lowest BCUT2D eigenvalue weighted by Gasteiger charge is -2.10. The third-order valence-corrected chi connectivity index (χ3v) is 6.58. The summed E-state index contributed by atoms with van der Waals surface area (Å²) in [5.74, 6) is -0.244. The molecule has 0 unspecified atom stereocenters. The SMILES string of the molecule is CCCCCCCCCCCCCCCCCC(=O)NN=C(c1ccccc1)c1ccc(O)cc1O. The fourth-order valence-electron chi connectivity index (χ4n) is 4.43. The molecule has 3 N–H and O–H groups in total. The minimum absolute atomic E-state index is 0.0270. The van der Waals surface area contributed by atoms with Gasteiger partial charge in [0.15, 0.2) is 0 Å². The van der Waals surface area contributed by atoms with Gasteiger partial charge in [-0.3, -0.25) is 4.79 Å². The van der Waals surface area contributed by atoms with Crippen LogP contribution in [0.3, 0.4) is 0 Å². The molecule has 0 bridgehead atoms. The Kier molecular flexibility index (Phi) is 15.1. The first kappa shape index (κ1) is 29.4. The Morgan fingerprint density at radius 3 is 1.78 bits per heavy atom. The molecule has 2 aromatic rings. The zero-order valence-corrected chi connectivity index (χ0v) is 22.2. The van der Waals surface area contributed by atoms with Crippen LogP contribution in [0.25, 0.3) is 0 Å². The van der Waals surface area contributed by atoms with Gasteiger partial charge in [0, 0.05) is 23.6 Å². The van der Waals surface area contributed by atoms with Crippen molar-refractivity contribution in [2.75, 3.05) is 0 Å². The van der Waals surface area contributed by atoms with Crippen LogP contribution in [0, 0.1) is 0 Å². The van der Waals surface area contributed by atoms with Crippen LogP contribution in [0.4, 0.5) is 0 Å². The molecule has 0 saturated heterocycles. The number of benzene rings is 2. The van der Waals surface area contributed by atoms with E-state index in [-0.39, 0.29) is 17.4 Å². The maximum Gasteiger partial charge on any atom is 0.240 e. The summed E-state index contributed by atoms with van der Waals surface area (Å²) in [4.78, 5) is 12.4. The molecule has 0 aromatic heterocycles. The molecule has 36 heavy (non-hydrogen) atoms. The molecule has 0 atom stereocenters. The quantitative estimate of drug-likeness (QED) is 0.104. The Labute approximate surface area is 218 Å². The van der Waals surface area contributed by atoms with E-state index in [9.17, 15) is 15.0 Å². The van der Waals surface area contributed by atoms with Crippen LogP contribution >= 0.6 is 0 Å². The average Bonchev–Trinajstić information content (AvgIpc) is 2.88. The summed E-state index contributed by atoms with van der Waals surface area (Å²) in [5.41, 5.74) is 4.32. The second-order valence-corrected chi connectivity index (χ2v) is 9.76. The van der Waals surface area contributed by atoms with Crippen LogP contribution in [0.1, 0.15) is 121 Å². The number of nitrogens with one attached hydrogen (secondary N) is 1. The van der Waals surface area contributed by atoms with Gasteiger partial charge >= 0.3 is 0 Å². The number of phenols is 2. The van der Waals surface area contributed by atoms with Crippen molar-refractivity contribution in [3.8, 4) is 11.5 Å². The summed E-state index contributed by atoms with van der Waals surface area (Å²) < 4.78 is 0. The minimum atomic E-state index is -0.128. The van der Waals surface area contributed by atoms with Crippen molar-refractivity contribution in [3.63, 3.8) is 0 Å². The van der Waals surface area contributed by atoms with Crippen molar-refractivity contribution in [1.82, 2.24) is 5.43 Å². The summed E-state index contributed by atoms with van der Waals surface area (Å²) in [5, 5.41) is 24.2. The molecule has 0 heterocycles. The molecule has 0 saturated carbocycles. The largest absolute Gasteiger partial charge is 0.508 e. The van der Waals surface area contributed by atoms with E-state index in [0.717, 1.165) is 18.4 Å². The highest BCUT2D eigenvalue weighted by Gasteiger charge is 2.13. The molecule has 0 fully saturated rings. The van der Waals surface area contributed by atoms with Crippen molar-refractivity contribution in [2.24, 2.45) is 5.10 Å². The van der Waals surface area contributed by atoms with Crippen molar-refractivity contribution < 1.29 is 15.0 Å². The van der Waals surface area contributed by atoms with Crippen LogP contribution < -0.4 is 5.43 Å². The summed E-state index contributed by atoms with van der Waals surface area (Å²) in [6.07, 6.45) is 19.9. The fraction of sp³-hybridized carbons (Fsp3) is 0.548. The average molecular weight is 495 g/mol. The predicted octanol–water partition coefficient (Wildman–Crippen LogP) is 8.23. The zero-order valence-electron chi connectivity index (χ0n) is 22.2. The van der Waals surface area contributed by atoms with Crippen molar-refractivity contribution in [2.45, 2.75) is 110 Å². The maximum absolute atomic E-state index is 12.4. The highest BCUT2D eigenvalue weighted by Crippen LogP contribution is 2.25. The molecule has 0 aliphatic rings. The number of rotatable bonds is 19. The molecule has 1 amide bonds. The van der Waals surface area contributed by atoms with E-state index >= 15 is 0 Å². The number of amides is 1. The summed E-state index contributed by atoms with van der Waals surface area (Å²) >= 11 is 0.